The van der Waals surface area contributed by atoms with Gasteiger partial charge in [-0.25, -0.2) is 0 Å². The van der Waals surface area contributed by atoms with Crippen LogP contribution in [-0.2, 0) is 14.3 Å². The third-order valence-electron chi connectivity index (χ3n) is 7.16. The third kappa shape index (κ3) is 5.57. The van der Waals surface area contributed by atoms with Crippen molar-refractivity contribution in [1.29, 1.82) is 0 Å². The number of aliphatic hydroxyl groups excluding tert-OH is 3. The molecule has 1 heterocycles. The first-order valence-electron chi connectivity index (χ1n) is 10.9. The molecule has 10 atom stereocenters. The van der Waals surface area contributed by atoms with Crippen LogP contribution in [0.1, 0.15) is 61.3 Å². The summed E-state index contributed by atoms with van der Waals surface area (Å²) in [5, 5.41) is 56.9. The summed E-state index contributed by atoms with van der Waals surface area (Å²) in [4.78, 5) is 12.7. The molecule has 182 valence electrons. The molecule has 1 rings (SSSR count). The Morgan fingerprint density at radius 3 is 2.10 bits per heavy atom. The van der Waals surface area contributed by atoms with Gasteiger partial charge in [0.1, 0.15) is 11.7 Å². The number of methoxy groups -OCH3 is 1. The minimum absolute atomic E-state index is 0.205. The van der Waals surface area contributed by atoms with E-state index in [-0.39, 0.29) is 18.6 Å². The number of esters is 1. The molecule has 0 spiro atoms. The fraction of sp³-hybridized carbons (Fsp3) is 0.909. The molecule has 0 saturated carbocycles. The Balaban J connectivity index is 3.56. The molecule has 1 aliphatic heterocycles. The van der Waals surface area contributed by atoms with Gasteiger partial charge in [0.05, 0.1) is 35.5 Å². The average Bonchev–Trinajstić information content (AvgIpc) is 2.73. The van der Waals surface area contributed by atoms with Crippen LogP contribution in [0.3, 0.4) is 0 Å². The van der Waals surface area contributed by atoms with Crippen LogP contribution >= 0.6 is 0 Å². The van der Waals surface area contributed by atoms with Crippen molar-refractivity contribution in [2.45, 2.75) is 96.9 Å². The summed E-state index contributed by atoms with van der Waals surface area (Å²) < 4.78 is 11.1. The van der Waals surface area contributed by atoms with Gasteiger partial charge in [0.25, 0.3) is 0 Å². The van der Waals surface area contributed by atoms with Crippen LogP contribution in [0.5, 0.6) is 0 Å². The summed E-state index contributed by atoms with van der Waals surface area (Å²) in [5.41, 5.74) is -2.78. The zero-order valence-electron chi connectivity index (χ0n) is 19.9. The molecule has 0 bridgehead atoms. The number of carbonyl (C=O) groups is 1. The van der Waals surface area contributed by atoms with Crippen LogP contribution in [0.25, 0.3) is 0 Å². The minimum Gasteiger partial charge on any atom is -0.459 e. The number of oxime groups is 1. The Morgan fingerprint density at radius 1 is 1.10 bits per heavy atom. The first kappa shape index (κ1) is 27.8. The number of hydrogen-bond acceptors (Lipinski definition) is 9. The van der Waals surface area contributed by atoms with Crippen molar-refractivity contribution < 1.29 is 39.9 Å². The molecule has 9 nitrogen and oxygen atoms in total. The average molecular weight is 448 g/mol. The van der Waals surface area contributed by atoms with Gasteiger partial charge >= 0.3 is 5.97 Å². The van der Waals surface area contributed by atoms with Gasteiger partial charge in [-0.2, -0.15) is 0 Å². The van der Waals surface area contributed by atoms with Crippen molar-refractivity contribution in [1.82, 2.24) is 0 Å². The maximum Gasteiger partial charge on any atom is 0.311 e. The van der Waals surface area contributed by atoms with E-state index < -0.39 is 65.3 Å². The molecule has 0 aromatic heterocycles. The largest absolute Gasteiger partial charge is 0.459 e. The van der Waals surface area contributed by atoms with E-state index in [9.17, 15) is 30.4 Å². The van der Waals surface area contributed by atoms with Crippen LogP contribution in [0, 0.1) is 23.7 Å². The van der Waals surface area contributed by atoms with Gasteiger partial charge in [0.2, 0.25) is 0 Å². The highest BCUT2D eigenvalue weighted by Crippen LogP contribution is 2.36. The standard InChI is InChI=1S/C22H41NO8/c1-9-15-22(7,28)19(26)12(3)16(23-29)11(2)10-21(6,30-8)18(25)13(4)17(24)14(5)20(27)31-15/h11-15,17-19,24-26,28-29H,9-10H2,1-8H3/b23-16+/t11-,12+,13+,14-,15-,17+,18-,19-,21-,22-/m1/s1. The molecule has 0 aliphatic carbocycles. The number of cyclic esters (lactones) is 1. The molecule has 5 N–H and O–H groups in total. The van der Waals surface area contributed by atoms with Crippen molar-refractivity contribution >= 4 is 11.7 Å². The first-order valence-corrected chi connectivity index (χ1v) is 10.9. The van der Waals surface area contributed by atoms with Crippen molar-refractivity contribution in [3.63, 3.8) is 0 Å². The topological polar surface area (TPSA) is 149 Å². The summed E-state index contributed by atoms with van der Waals surface area (Å²) in [5.74, 6) is -3.72. The highest BCUT2D eigenvalue weighted by molar-refractivity contribution is 5.88. The Hall–Kier alpha value is -1.26. The predicted octanol–water partition coefficient (Wildman–Crippen LogP) is 1.33. The third-order valence-corrected chi connectivity index (χ3v) is 7.16. The smallest absolute Gasteiger partial charge is 0.311 e. The zero-order chi connectivity index (χ0) is 24.3. The summed E-state index contributed by atoms with van der Waals surface area (Å²) >= 11 is 0. The Labute approximate surface area is 185 Å². The van der Waals surface area contributed by atoms with Crippen molar-refractivity contribution in [3.8, 4) is 0 Å². The molecule has 31 heavy (non-hydrogen) atoms. The molecule has 1 aliphatic rings. The first-order chi connectivity index (χ1) is 14.2. The zero-order valence-corrected chi connectivity index (χ0v) is 19.9. The lowest BCUT2D eigenvalue weighted by Gasteiger charge is -2.43. The van der Waals surface area contributed by atoms with E-state index in [4.69, 9.17) is 9.47 Å². The van der Waals surface area contributed by atoms with E-state index in [1.54, 1.807) is 34.6 Å². The van der Waals surface area contributed by atoms with Gasteiger partial charge in [0, 0.05) is 24.9 Å². The summed E-state index contributed by atoms with van der Waals surface area (Å²) in [6.45, 7) is 11.2. The number of hydrogen-bond donors (Lipinski definition) is 5. The lowest BCUT2D eigenvalue weighted by molar-refractivity contribution is -0.192. The second-order valence-electron chi connectivity index (χ2n) is 9.52. The number of aliphatic hydroxyl groups is 4. The number of ether oxygens (including phenoxy) is 2. The normalized spacial score (nSPS) is 47.6. The van der Waals surface area contributed by atoms with Gasteiger partial charge in [-0.3, -0.25) is 4.79 Å². The second kappa shape index (κ2) is 10.6. The van der Waals surface area contributed by atoms with Crippen LogP contribution in [-0.4, -0.2) is 80.0 Å². The van der Waals surface area contributed by atoms with E-state index in [1.165, 1.54) is 21.0 Å². The van der Waals surface area contributed by atoms with Crippen LogP contribution in [0.2, 0.25) is 0 Å². The van der Waals surface area contributed by atoms with Crippen molar-refractivity contribution in [3.05, 3.63) is 0 Å². The van der Waals surface area contributed by atoms with Gasteiger partial charge in [-0.05, 0) is 33.6 Å². The SMILES string of the molecule is CC[C@H]1OC(=O)[C@H](C)[C@@H](O)[C@H](C)[C@@H](O)[C@](C)(OC)C[C@@H](C)/C(=N\O)[C@H](C)[C@@H](O)[C@]1(C)O. The molecule has 0 amide bonds. The van der Waals surface area contributed by atoms with Gasteiger partial charge in [-0.15, -0.1) is 0 Å². The molecule has 1 fully saturated rings. The molecule has 0 unspecified atom stereocenters. The van der Waals surface area contributed by atoms with E-state index in [1.807, 2.05) is 0 Å². The van der Waals surface area contributed by atoms with E-state index in [2.05, 4.69) is 5.16 Å². The maximum absolute atomic E-state index is 12.7. The lowest BCUT2D eigenvalue weighted by Crippen LogP contribution is -2.57. The minimum atomic E-state index is -1.84. The molecule has 0 aromatic carbocycles. The number of carbonyl (C=O) groups excluding carboxylic acids is 1. The lowest BCUT2D eigenvalue weighted by atomic mass is 9.74. The van der Waals surface area contributed by atoms with Crippen LogP contribution < -0.4 is 0 Å². The summed E-state index contributed by atoms with van der Waals surface area (Å²) in [7, 11) is 1.43. The Kier molecular flexibility index (Phi) is 9.47. The van der Waals surface area contributed by atoms with E-state index in [0.717, 1.165) is 0 Å². The van der Waals surface area contributed by atoms with Gasteiger partial charge < -0.3 is 35.1 Å². The molecule has 0 aromatic rings. The Bertz CT molecular complexity index is 639. The van der Waals surface area contributed by atoms with E-state index >= 15 is 0 Å². The maximum atomic E-state index is 12.7. The number of nitrogens with zero attached hydrogens (tertiary/aromatic N) is 1. The van der Waals surface area contributed by atoms with Crippen LogP contribution in [0.4, 0.5) is 0 Å². The predicted molar refractivity (Wildman–Crippen MR) is 115 cm³/mol. The second-order valence-corrected chi connectivity index (χ2v) is 9.52. The van der Waals surface area contributed by atoms with Crippen LogP contribution in [0.15, 0.2) is 5.16 Å². The monoisotopic (exact) mass is 447 g/mol. The molecule has 9 heteroatoms. The molecular formula is C22H41NO8. The fourth-order valence-electron chi connectivity index (χ4n) is 4.74. The highest BCUT2D eigenvalue weighted by Gasteiger charge is 2.48. The highest BCUT2D eigenvalue weighted by atomic mass is 16.6. The van der Waals surface area contributed by atoms with Crippen molar-refractivity contribution in [2.75, 3.05) is 7.11 Å². The Morgan fingerprint density at radius 2 is 1.65 bits per heavy atom. The fourth-order valence-corrected chi connectivity index (χ4v) is 4.74. The van der Waals surface area contributed by atoms with Gasteiger partial charge in [0.15, 0.2) is 0 Å². The van der Waals surface area contributed by atoms with Crippen molar-refractivity contribution in [2.24, 2.45) is 28.8 Å². The number of rotatable bonds is 2. The van der Waals surface area contributed by atoms with Gasteiger partial charge in [-0.1, -0.05) is 32.9 Å². The summed E-state index contributed by atoms with van der Waals surface area (Å²) in [6, 6.07) is 0. The summed E-state index contributed by atoms with van der Waals surface area (Å²) in [6.07, 6.45) is -4.46. The molecule has 1 saturated heterocycles. The quantitative estimate of drug-likeness (QED) is 0.242. The molecule has 0 radical (unpaired) electrons. The molecular weight excluding hydrogens is 406 g/mol. The van der Waals surface area contributed by atoms with E-state index in [0.29, 0.717) is 0 Å².